The highest BCUT2D eigenvalue weighted by atomic mass is 16.3. The molecule has 33 heavy (non-hydrogen) atoms. The molecule has 178 valence electrons. The van der Waals surface area contributed by atoms with Crippen LogP contribution in [0.1, 0.15) is 34.4 Å². The van der Waals surface area contributed by atoms with E-state index >= 15 is 0 Å². The van der Waals surface area contributed by atoms with Crippen molar-refractivity contribution in [2.24, 2.45) is 0 Å². The molecule has 7 N–H and O–H groups in total. The maximum absolute atomic E-state index is 9.13. The number of hydrogen-bond donors (Lipinski definition) is 7. The minimum absolute atomic E-state index is 0.0419. The van der Waals surface area contributed by atoms with E-state index < -0.39 is 0 Å². The van der Waals surface area contributed by atoms with Crippen molar-refractivity contribution in [1.82, 2.24) is 46.4 Å². The second-order valence-electron chi connectivity index (χ2n) is 7.46. The van der Waals surface area contributed by atoms with Crippen LogP contribution in [-0.2, 0) is 39.4 Å². The van der Waals surface area contributed by atoms with Gasteiger partial charge >= 0.3 is 0 Å². The Hall–Kier alpha value is -2.80. The third-order valence-corrected chi connectivity index (χ3v) is 4.78. The zero-order valence-electron chi connectivity index (χ0n) is 18.7. The molecule has 3 aromatic heterocycles. The summed E-state index contributed by atoms with van der Waals surface area (Å²) in [6.45, 7) is 5.60. The Balaban J connectivity index is 1.20. The number of hydrogen-bond acceptors (Lipinski definition) is 10. The van der Waals surface area contributed by atoms with E-state index in [1.807, 2.05) is 30.3 Å². The molecule has 3 aromatic rings. The number of aromatic nitrogens is 5. The van der Waals surface area contributed by atoms with Gasteiger partial charge < -0.3 is 31.5 Å². The largest absolute Gasteiger partial charge is 0.390 e. The van der Waals surface area contributed by atoms with Crippen LogP contribution < -0.4 is 21.3 Å². The van der Waals surface area contributed by atoms with Crippen LogP contribution in [0.5, 0.6) is 0 Å². The van der Waals surface area contributed by atoms with Gasteiger partial charge in [-0.1, -0.05) is 12.1 Å². The third kappa shape index (κ3) is 9.30. The van der Waals surface area contributed by atoms with E-state index in [-0.39, 0.29) is 13.2 Å². The maximum atomic E-state index is 9.13. The molecule has 3 rings (SSSR count). The van der Waals surface area contributed by atoms with E-state index in [1.54, 1.807) is 6.07 Å². The fraction of sp³-hybridized carbons (Fsp3) is 0.455. The zero-order chi connectivity index (χ0) is 23.1. The van der Waals surface area contributed by atoms with E-state index in [9.17, 15) is 0 Å². The lowest BCUT2D eigenvalue weighted by Crippen LogP contribution is -2.27. The number of nitrogens with one attached hydrogen (secondary N) is 5. The number of nitrogens with zero attached hydrogens (tertiary/aromatic N) is 4. The fourth-order valence-corrected chi connectivity index (χ4v) is 3.12. The van der Waals surface area contributed by atoms with Crippen molar-refractivity contribution in [3.8, 4) is 0 Å². The molecule has 0 fully saturated rings. The monoisotopic (exact) mass is 455 g/mol. The summed E-state index contributed by atoms with van der Waals surface area (Å²) in [5, 5.41) is 38.7. The Labute approximate surface area is 193 Å². The average Bonchev–Trinajstić information content (AvgIpc) is 3.31. The lowest BCUT2D eigenvalue weighted by atomic mass is 10.3. The van der Waals surface area contributed by atoms with Gasteiger partial charge in [0, 0.05) is 39.3 Å². The van der Waals surface area contributed by atoms with Crippen LogP contribution in [0.4, 0.5) is 0 Å². The average molecular weight is 456 g/mol. The topological polar surface area (TPSA) is 156 Å². The van der Waals surface area contributed by atoms with Gasteiger partial charge in [0.1, 0.15) is 5.82 Å². The van der Waals surface area contributed by atoms with Crippen LogP contribution in [-0.4, -0.2) is 61.5 Å². The minimum atomic E-state index is -0.0424. The van der Waals surface area contributed by atoms with Crippen molar-refractivity contribution < 1.29 is 10.2 Å². The molecule has 11 nitrogen and oxygen atoms in total. The van der Waals surface area contributed by atoms with Gasteiger partial charge in [-0.25, -0.2) is 4.98 Å². The van der Waals surface area contributed by atoms with E-state index in [1.165, 1.54) is 0 Å². The van der Waals surface area contributed by atoms with Gasteiger partial charge in [0.25, 0.3) is 0 Å². The normalized spacial score (nSPS) is 11.2. The molecule has 0 saturated carbocycles. The Morgan fingerprint density at radius 2 is 1.09 bits per heavy atom. The molecule has 3 heterocycles. The lowest BCUT2D eigenvalue weighted by molar-refractivity contribution is 0.276. The molecule has 0 aliphatic carbocycles. The first-order chi connectivity index (χ1) is 16.3. The number of aliphatic hydroxyl groups is 2. The summed E-state index contributed by atoms with van der Waals surface area (Å²) in [5.41, 5.74) is 3.19. The van der Waals surface area contributed by atoms with Gasteiger partial charge in [0.15, 0.2) is 5.82 Å². The van der Waals surface area contributed by atoms with Crippen molar-refractivity contribution in [3.63, 3.8) is 0 Å². The molecule has 0 radical (unpaired) electrons. The van der Waals surface area contributed by atoms with Crippen molar-refractivity contribution in [1.29, 1.82) is 0 Å². The first kappa shape index (κ1) is 24.8. The zero-order valence-corrected chi connectivity index (χ0v) is 18.7. The molecule has 0 aliphatic heterocycles. The highest BCUT2D eigenvalue weighted by Gasteiger charge is 2.03. The summed E-state index contributed by atoms with van der Waals surface area (Å²) in [5.74, 6) is 1.54. The minimum Gasteiger partial charge on any atom is -0.390 e. The summed E-state index contributed by atoms with van der Waals surface area (Å²) >= 11 is 0. The van der Waals surface area contributed by atoms with Crippen LogP contribution in [0, 0.1) is 0 Å². The summed E-state index contributed by atoms with van der Waals surface area (Å²) in [6.07, 6.45) is 0. The van der Waals surface area contributed by atoms with Gasteiger partial charge in [-0.3, -0.25) is 15.1 Å². The van der Waals surface area contributed by atoms with Crippen molar-refractivity contribution in [2.45, 2.75) is 39.4 Å². The molecule has 0 aliphatic rings. The Kier molecular flexibility index (Phi) is 10.8. The number of rotatable bonds is 16. The standard InChI is InChI=1S/C22H33N9O2/c32-15-19-5-1-3-17(27-19)11-23-7-9-25-13-21-29-22(31-30-21)14-26-10-8-24-12-18-4-2-6-20(16-33)28-18/h1-6,23-26,32-33H,7-16H2,(H,29,30,31). The van der Waals surface area contributed by atoms with E-state index in [0.29, 0.717) is 37.6 Å². The smallest absolute Gasteiger partial charge is 0.164 e. The number of aliphatic hydroxyl groups excluding tert-OH is 2. The summed E-state index contributed by atoms with van der Waals surface area (Å²) < 4.78 is 0. The quantitative estimate of drug-likeness (QED) is 0.138. The Bertz CT molecular complexity index is 877. The predicted molar refractivity (Wildman–Crippen MR) is 124 cm³/mol. The first-order valence-corrected chi connectivity index (χ1v) is 11.1. The molecular formula is C22H33N9O2. The first-order valence-electron chi connectivity index (χ1n) is 11.1. The van der Waals surface area contributed by atoms with Crippen LogP contribution in [0.2, 0.25) is 0 Å². The van der Waals surface area contributed by atoms with Gasteiger partial charge in [0.2, 0.25) is 0 Å². The summed E-state index contributed by atoms with van der Waals surface area (Å²) in [6, 6.07) is 11.3. The highest BCUT2D eigenvalue weighted by Crippen LogP contribution is 2.00. The van der Waals surface area contributed by atoms with Crippen LogP contribution in [0.3, 0.4) is 0 Å². The fourth-order valence-electron chi connectivity index (χ4n) is 3.12. The molecular weight excluding hydrogens is 422 g/mol. The second-order valence-corrected chi connectivity index (χ2v) is 7.46. The molecule has 0 amide bonds. The van der Waals surface area contributed by atoms with Gasteiger partial charge in [-0.2, -0.15) is 5.10 Å². The molecule has 0 bridgehead atoms. The molecule has 11 heteroatoms. The highest BCUT2D eigenvalue weighted by molar-refractivity contribution is 5.11. The van der Waals surface area contributed by atoms with E-state index in [4.69, 9.17) is 10.2 Å². The predicted octanol–water partition coefficient (Wildman–Crippen LogP) is -0.662. The van der Waals surface area contributed by atoms with E-state index in [2.05, 4.69) is 46.4 Å². The molecule has 0 atom stereocenters. The summed E-state index contributed by atoms with van der Waals surface area (Å²) in [4.78, 5) is 13.2. The van der Waals surface area contributed by atoms with Gasteiger partial charge in [0.05, 0.1) is 49.1 Å². The Morgan fingerprint density at radius 1 is 0.606 bits per heavy atom. The second kappa shape index (κ2) is 14.4. The molecule has 0 spiro atoms. The van der Waals surface area contributed by atoms with E-state index in [0.717, 1.165) is 49.2 Å². The van der Waals surface area contributed by atoms with Gasteiger partial charge in [-0.15, -0.1) is 0 Å². The molecule has 0 aromatic carbocycles. The van der Waals surface area contributed by atoms with Crippen LogP contribution in [0.25, 0.3) is 0 Å². The number of H-pyrrole nitrogens is 1. The van der Waals surface area contributed by atoms with Gasteiger partial charge in [-0.05, 0) is 24.3 Å². The van der Waals surface area contributed by atoms with Crippen LogP contribution >= 0.6 is 0 Å². The van der Waals surface area contributed by atoms with Crippen LogP contribution in [0.15, 0.2) is 36.4 Å². The SMILES string of the molecule is OCc1cccc(CNCCNCc2n[nH]c(CNCCNCc3cccc(CO)n3)n2)n1. The molecule has 0 saturated heterocycles. The maximum Gasteiger partial charge on any atom is 0.164 e. The van der Waals surface area contributed by atoms with Crippen molar-refractivity contribution >= 4 is 0 Å². The summed E-state index contributed by atoms with van der Waals surface area (Å²) in [7, 11) is 0. The Morgan fingerprint density at radius 3 is 1.64 bits per heavy atom. The number of pyridine rings is 2. The number of aromatic amines is 1. The van der Waals surface area contributed by atoms with Crippen molar-refractivity contribution in [2.75, 3.05) is 26.2 Å². The third-order valence-electron chi connectivity index (χ3n) is 4.78. The molecule has 0 unspecified atom stereocenters. The lowest BCUT2D eigenvalue weighted by Gasteiger charge is -2.06. The van der Waals surface area contributed by atoms with Crippen molar-refractivity contribution in [3.05, 3.63) is 70.8 Å².